The number of hydrogen-bond acceptors (Lipinski definition) is 4. The minimum Gasteiger partial charge on any atom is -0.483 e. The van der Waals surface area contributed by atoms with Crippen LogP contribution in [0.25, 0.3) is 22.1 Å². The van der Waals surface area contributed by atoms with E-state index >= 15 is 0 Å². The van der Waals surface area contributed by atoms with Gasteiger partial charge in [0.2, 0.25) is 0 Å². The molecule has 0 bridgehead atoms. The minimum atomic E-state index is -0.409. The van der Waals surface area contributed by atoms with Crippen molar-refractivity contribution in [3.05, 3.63) is 94.3 Å². The van der Waals surface area contributed by atoms with Crippen LogP contribution < -0.4 is 15.3 Å². The number of anilines is 1. The van der Waals surface area contributed by atoms with Crippen LogP contribution in [0.3, 0.4) is 0 Å². The van der Waals surface area contributed by atoms with E-state index in [4.69, 9.17) is 9.15 Å². The molecule has 1 aliphatic rings. The van der Waals surface area contributed by atoms with Crippen molar-refractivity contribution in [1.29, 1.82) is 0 Å². The summed E-state index contributed by atoms with van der Waals surface area (Å²) < 4.78 is 11.7. The molecule has 3 aromatic carbocycles. The zero-order valence-corrected chi connectivity index (χ0v) is 20.7. The van der Waals surface area contributed by atoms with Crippen molar-refractivity contribution in [3.8, 4) is 16.9 Å². The van der Waals surface area contributed by atoms with Crippen LogP contribution in [0.15, 0.2) is 82.0 Å². The molecule has 0 fully saturated rings. The van der Waals surface area contributed by atoms with Gasteiger partial charge in [-0.2, -0.15) is 0 Å². The van der Waals surface area contributed by atoms with Gasteiger partial charge >= 0.3 is 5.63 Å². The third-order valence-corrected chi connectivity index (χ3v) is 6.85. The van der Waals surface area contributed by atoms with Crippen LogP contribution in [-0.4, -0.2) is 19.1 Å². The van der Waals surface area contributed by atoms with Crippen LogP contribution in [0.4, 0.5) is 5.69 Å². The number of hydrogen-bond donors (Lipinski definition) is 0. The lowest BCUT2D eigenvalue weighted by atomic mass is 9.98. The van der Waals surface area contributed by atoms with E-state index in [2.05, 4.69) is 19.1 Å². The average molecular weight is 482 g/mol. The fraction of sp³-hybridized carbons (Fsp3) is 0.290. The number of carbonyl (C=O) groups excluding carboxylic acids is 1. The molecule has 0 radical (unpaired) electrons. The van der Waals surface area contributed by atoms with Gasteiger partial charge in [-0.1, -0.05) is 74.7 Å². The summed E-state index contributed by atoms with van der Waals surface area (Å²) in [6.07, 6.45) is 6.19. The maximum Gasteiger partial charge on any atom is 0.336 e. The fourth-order valence-electron chi connectivity index (χ4n) is 4.98. The van der Waals surface area contributed by atoms with Gasteiger partial charge in [0.25, 0.3) is 5.91 Å². The summed E-state index contributed by atoms with van der Waals surface area (Å²) in [6, 6.07) is 23.3. The third kappa shape index (κ3) is 5.06. The number of amides is 1. The van der Waals surface area contributed by atoms with Gasteiger partial charge < -0.3 is 14.1 Å². The van der Waals surface area contributed by atoms with Gasteiger partial charge in [0.1, 0.15) is 11.3 Å². The van der Waals surface area contributed by atoms with Crippen LogP contribution in [0, 0.1) is 0 Å². The summed E-state index contributed by atoms with van der Waals surface area (Å²) in [5.41, 5.74) is 5.03. The predicted molar refractivity (Wildman–Crippen MR) is 144 cm³/mol. The Labute approximate surface area is 211 Å². The largest absolute Gasteiger partial charge is 0.483 e. The monoisotopic (exact) mass is 481 g/mol. The number of nitrogens with zero attached hydrogens (tertiary/aromatic N) is 1. The highest BCUT2D eigenvalue weighted by Crippen LogP contribution is 2.34. The van der Waals surface area contributed by atoms with E-state index in [0.717, 1.165) is 59.9 Å². The molecule has 0 spiro atoms. The quantitative estimate of drug-likeness (QED) is 0.201. The molecule has 184 valence electrons. The first-order valence-electron chi connectivity index (χ1n) is 12.8. The van der Waals surface area contributed by atoms with Gasteiger partial charge in [0, 0.05) is 29.8 Å². The molecule has 1 aromatic heterocycles. The number of fused-ring (bicyclic) bond motifs is 2. The lowest BCUT2D eigenvalue weighted by Gasteiger charge is -2.19. The summed E-state index contributed by atoms with van der Waals surface area (Å²) in [6.45, 7) is 2.80. The molecule has 2 heterocycles. The van der Waals surface area contributed by atoms with Crippen molar-refractivity contribution in [2.45, 2.75) is 45.4 Å². The molecule has 0 unspecified atom stereocenters. The van der Waals surface area contributed by atoms with E-state index in [0.29, 0.717) is 17.9 Å². The van der Waals surface area contributed by atoms with Gasteiger partial charge in [-0.15, -0.1) is 0 Å². The summed E-state index contributed by atoms with van der Waals surface area (Å²) in [4.78, 5) is 27.3. The highest BCUT2D eigenvalue weighted by molar-refractivity contribution is 5.97. The smallest absolute Gasteiger partial charge is 0.336 e. The SMILES string of the molecule is CCCCCCc1cc2c(-c3ccccc3)cc(=O)oc2cc1OCC(=O)N1CCc2ccccc21. The number of benzene rings is 3. The van der Waals surface area contributed by atoms with Crippen molar-refractivity contribution >= 4 is 22.6 Å². The van der Waals surface area contributed by atoms with Crippen molar-refractivity contribution in [2.75, 3.05) is 18.1 Å². The molecule has 5 nitrogen and oxygen atoms in total. The second-order valence-electron chi connectivity index (χ2n) is 9.32. The van der Waals surface area contributed by atoms with E-state index in [9.17, 15) is 9.59 Å². The second-order valence-corrected chi connectivity index (χ2v) is 9.32. The molecule has 0 atom stereocenters. The van der Waals surface area contributed by atoms with Crippen LogP contribution in [0.5, 0.6) is 5.75 Å². The first-order valence-corrected chi connectivity index (χ1v) is 12.8. The van der Waals surface area contributed by atoms with Gasteiger partial charge in [0.15, 0.2) is 6.61 Å². The van der Waals surface area contributed by atoms with E-state index in [1.807, 2.05) is 48.5 Å². The molecule has 0 saturated carbocycles. The number of para-hydroxylation sites is 1. The van der Waals surface area contributed by atoms with Crippen molar-refractivity contribution in [1.82, 2.24) is 0 Å². The molecule has 0 aliphatic carbocycles. The van der Waals surface area contributed by atoms with E-state index in [-0.39, 0.29) is 12.5 Å². The average Bonchev–Trinajstić information content (AvgIpc) is 3.34. The second kappa shape index (κ2) is 10.8. The predicted octanol–water partition coefficient (Wildman–Crippen LogP) is 6.55. The van der Waals surface area contributed by atoms with Crippen molar-refractivity contribution in [3.63, 3.8) is 0 Å². The Balaban J connectivity index is 1.46. The highest BCUT2D eigenvalue weighted by atomic mass is 16.5. The zero-order valence-electron chi connectivity index (χ0n) is 20.7. The van der Waals surface area contributed by atoms with Crippen molar-refractivity contribution < 1.29 is 13.9 Å². The van der Waals surface area contributed by atoms with Gasteiger partial charge in [-0.25, -0.2) is 4.79 Å². The molecule has 0 saturated heterocycles. The number of ether oxygens (including phenoxy) is 1. The number of aryl methyl sites for hydroxylation is 1. The molecule has 5 heteroatoms. The molecular formula is C31H31NO4. The van der Waals surface area contributed by atoms with Crippen LogP contribution in [0.1, 0.15) is 43.7 Å². The molecule has 1 amide bonds. The van der Waals surface area contributed by atoms with Crippen LogP contribution in [0.2, 0.25) is 0 Å². The summed E-state index contributed by atoms with van der Waals surface area (Å²) in [5, 5.41) is 0.874. The summed E-state index contributed by atoms with van der Waals surface area (Å²) in [5.74, 6) is 0.532. The maximum absolute atomic E-state index is 13.1. The molecule has 36 heavy (non-hydrogen) atoms. The van der Waals surface area contributed by atoms with Gasteiger partial charge in [0.05, 0.1) is 0 Å². The van der Waals surface area contributed by atoms with Crippen LogP contribution >= 0.6 is 0 Å². The molecule has 1 aliphatic heterocycles. The number of carbonyl (C=O) groups is 1. The van der Waals surface area contributed by atoms with E-state index < -0.39 is 5.63 Å². The zero-order chi connectivity index (χ0) is 24.9. The lowest BCUT2D eigenvalue weighted by molar-refractivity contribution is -0.120. The number of rotatable bonds is 9. The highest BCUT2D eigenvalue weighted by Gasteiger charge is 2.25. The topological polar surface area (TPSA) is 59.8 Å². The Morgan fingerprint density at radius 2 is 1.78 bits per heavy atom. The number of unbranched alkanes of at least 4 members (excludes halogenated alkanes) is 3. The third-order valence-electron chi connectivity index (χ3n) is 6.85. The molecule has 0 N–H and O–H groups in total. The van der Waals surface area contributed by atoms with E-state index in [1.54, 1.807) is 17.0 Å². The summed E-state index contributed by atoms with van der Waals surface area (Å²) in [7, 11) is 0. The fourth-order valence-corrected chi connectivity index (χ4v) is 4.98. The normalized spacial score (nSPS) is 12.6. The van der Waals surface area contributed by atoms with Crippen molar-refractivity contribution in [2.24, 2.45) is 0 Å². The Hall–Kier alpha value is -3.86. The minimum absolute atomic E-state index is 0.0651. The Kier molecular flexibility index (Phi) is 7.17. The lowest BCUT2D eigenvalue weighted by Crippen LogP contribution is -2.33. The molecule has 5 rings (SSSR count). The van der Waals surface area contributed by atoms with Gasteiger partial charge in [-0.3, -0.25) is 4.79 Å². The molecule has 4 aromatic rings. The Morgan fingerprint density at radius 3 is 2.61 bits per heavy atom. The first kappa shape index (κ1) is 23.9. The summed E-state index contributed by atoms with van der Waals surface area (Å²) >= 11 is 0. The standard InChI is InChI=1S/C31H31NO4/c1-2-3-4-6-14-24-18-26-25(22-11-7-5-8-12-22)19-31(34)36-29(26)20-28(24)35-21-30(33)32-17-16-23-13-9-10-15-27(23)32/h5,7-13,15,18-20H,2-4,6,14,16-17,21H2,1H3. The first-order chi connectivity index (χ1) is 17.6. The Bertz CT molecular complexity index is 1420. The van der Waals surface area contributed by atoms with E-state index in [1.165, 1.54) is 12.0 Å². The Morgan fingerprint density at radius 1 is 0.972 bits per heavy atom. The molecular weight excluding hydrogens is 450 g/mol. The van der Waals surface area contributed by atoms with Gasteiger partial charge in [-0.05, 0) is 53.6 Å². The maximum atomic E-state index is 13.1. The van der Waals surface area contributed by atoms with Crippen LogP contribution in [-0.2, 0) is 17.6 Å².